The van der Waals surface area contributed by atoms with Gasteiger partial charge in [-0.1, -0.05) is 46.6 Å². The lowest BCUT2D eigenvalue weighted by atomic mass is 10.1. The van der Waals surface area contributed by atoms with Gasteiger partial charge >= 0.3 is 12.1 Å². The zero-order valence-electron chi connectivity index (χ0n) is 35.6. The van der Waals surface area contributed by atoms with Crippen LogP contribution in [-0.2, 0) is 29.7 Å². The number of nitrogens with zero attached hydrogens (tertiary/aromatic N) is 9. The number of urea groups is 2. The Morgan fingerprint density at radius 3 is 1.78 bits per heavy atom. The number of imidazole rings is 2. The molecule has 8 rings (SSSR count). The number of piperidine rings is 2. The average Bonchev–Trinajstić information content (AvgIpc) is 4.14. The molecule has 2 aromatic carbocycles. The Balaban J connectivity index is 1.17. The minimum absolute atomic E-state index is 0.108. The topological polar surface area (TPSA) is 178 Å². The Morgan fingerprint density at radius 2 is 1.29 bits per heavy atom. The number of thioether (sulfide) groups is 1. The molecular weight excluding hydrogens is 877 g/mol. The highest BCUT2D eigenvalue weighted by atomic mass is 32.2. The maximum atomic E-state index is 15.2. The normalized spacial score (nSPS) is 14.5. The lowest BCUT2D eigenvalue weighted by Crippen LogP contribution is -2.54. The third-order valence-corrected chi connectivity index (χ3v) is 15.6. The maximum Gasteiger partial charge on any atom is 0.348 e. The number of sulfone groups is 1. The van der Waals surface area contributed by atoms with Crippen molar-refractivity contribution in [2.45, 2.75) is 75.5 Å². The number of benzene rings is 2. The standard InChI is InChI=1S/C43H52N12O4S4/c1-30-10-12-34(36(26-30)52-19-6-4-7-20-52)49-39(56)54(42-47-28-32(61-42)14-24-60-41-46-18-23-51(41)3)55(43-48-29-33(62-43)15-25-63(58,59)38-44-16-17-45-38)40(57)50-35-13-11-31(2)27-37(35)53-21-8-5-9-22-53/h10-13,16-18,23,26-29H,4-9,14-15,19-22,24-25H2,1-3H3,(H,44,45)(H,49,56)(H,50,57). The van der Waals surface area contributed by atoms with Crippen molar-refractivity contribution in [3.63, 3.8) is 0 Å². The van der Waals surface area contributed by atoms with Crippen LogP contribution in [0.25, 0.3) is 0 Å². The molecule has 332 valence electrons. The number of aromatic nitrogens is 6. The number of amides is 4. The predicted molar refractivity (Wildman–Crippen MR) is 254 cm³/mol. The fraction of sp³-hybridized carbons (Fsp3) is 0.395. The Hall–Kier alpha value is -5.44. The number of H-pyrrole nitrogens is 1. The summed E-state index contributed by atoms with van der Waals surface area (Å²) >= 11 is 4.06. The molecule has 0 saturated carbocycles. The summed E-state index contributed by atoms with van der Waals surface area (Å²) in [6.45, 7) is 7.51. The van der Waals surface area contributed by atoms with Crippen LogP contribution in [0, 0.1) is 13.8 Å². The van der Waals surface area contributed by atoms with Crippen molar-refractivity contribution in [2.24, 2.45) is 7.05 Å². The molecule has 2 aliphatic rings. The monoisotopic (exact) mass is 928 g/mol. The van der Waals surface area contributed by atoms with Crippen molar-refractivity contribution in [1.82, 2.24) is 29.5 Å². The number of aromatic amines is 1. The van der Waals surface area contributed by atoms with E-state index in [9.17, 15) is 8.42 Å². The first kappa shape index (κ1) is 44.2. The smallest absolute Gasteiger partial charge is 0.348 e. The van der Waals surface area contributed by atoms with Crippen molar-refractivity contribution >= 4 is 89.3 Å². The molecule has 63 heavy (non-hydrogen) atoms. The van der Waals surface area contributed by atoms with E-state index in [0.717, 1.165) is 114 Å². The molecule has 20 heteroatoms. The van der Waals surface area contributed by atoms with E-state index in [1.807, 2.05) is 55.9 Å². The molecule has 0 spiro atoms. The second-order valence-electron chi connectivity index (χ2n) is 15.7. The van der Waals surface area contributed by atoms with E-state index in [4.69, 9.17) is 4.98 Å². The average molecular weight is 929 g/mol. The highest BCUT2D eigenvalue weighted by Gasteiger charge is 2.36. The van der Waals surface area contributed by atoms with E-state index in [0.29, 0.717) is 22.7 Å². The van der Waals surface area contributed by atoms with Crippen LogP contribution in [0.2, 0.25) is 0 Å². The first-order valence-electron chi connectivity index (χ1n) is 21.2. The fourth-order valence-corrected chi connectivity index (χ4v) is 11.8. The van der Waals surface area contributed by atoms with Gasteiger partial charge in [0, 0.05) is 85.9 Å². The second-order valence-corrected chi connectivity index (χ2v) is 21.0. The largest absolute Gasteiger partial charge is 0.370 e. The molecule has 4 amide bonds. The molecule has 0 bridgehead atoms. The van der Waals surface area contributed by atoms with E-state index in [1.54, 1.807) is 30.4 Å². The lowest BCUT2D eigenvalue weighted by Gasteiger charge is -2.34. The first-order valence-corrected chi connectivity index (χ1v) is 25.4. The Bertz CT molecular complexity index is 2610. The number of carbonyl (C=O) groups excluding carboxylic acids is 2. The summed E-state index contributed by atoms with van der Waals surface area (Å²) in [6, 6.07) is 10.6. The van der Waals surface area contributed by atoms with Gasteiger partial charge in [0.2, 0.25) is 25.3 Å². The molecule has 2 fully saturated rings. The van der Waals surface area contributed by atoms with Crippen LogP contribution in [-0.4, -0.2) is 87.7 Å². The molecule has 2 aliphatic heterocycles. The third-order valence-electron chi connectivity index (χ3n) is 11.0. The van der Waals surface area contributed by atoms with Crippen LogP contribution >= 0.6 is 34.4 Å². The SMILES string of the molecule is Cc1ccc(NC(=O)N(c2ncc(CCSc3nccn3C)s2)N(C(=O)Nc2ccc(C)cc2N2CCCCC2)c2ncc(CCS(=O)(=O)c3ncc[nH]3)s2)c(N2CCCCC2)c1. The molecule has 0 atom stereocenters. The number of anilines is 6. The van der Waals surface area contributed by atoms with Gasteiger partial charge in [-0.3, -0.25) is 0 Å². The lowest BCUT2D eigenvalue weighted by molar-refractivity contribution is 0.248. The van der Waals surface area contributed by atoms with Crippen molar-refractivity contribution in [3.8, 4) is 0 Å². The summed E-state index contributed by atoms with van der Waals surface area (Å²) < 4.78 is 28.2. The van der Waals surface area contributed by atoms with E-state index < -0.39 is 21.9 Å². The maximum absolute atomic E-state index is 15.2. The van der Waals surface area contributed by atoms with Crippen LogP contribution in [0.15, 0.2) is 83.9 Å². The quantitative estimate of drug-likeness (QED) is 0.0703. The fourth-order valence-electron chi connectivity index (χ4n) is 7.66. The number of rotatable bonds is 14. The predicted octanol–water partition coefficient (Wildman–Crippen LogP) is 8.70. The summed E-state index contributed by atoms with van der Waals surface area (Å²) in [5.41, 5.74) is 5.12. The second kappa shape index (κ2) is 19.9. The van der Waals surface area contributed by atoms with Gasteiger partial charge in [0.25, 0.3) is 0 Å². The summed E-state index contributed by atoms with van der Waals surface area (Å²) in [7, 11) is -1.77. The van der Waals surface area contributed by atoms with Gasteiger partial charge < -0.3 is 30.0 Å². The number of carbonyl (C=O) groups is 2. The molecular formula is C43H52N12O4S4. The van der Waals surface area contributed by atoms with Crippen molar-refractivity contribution < 1.29 is 18.0 Å². The van der Waals surface area contributed by atoms with Gasteiger partial charge in [-0.2, -0.15) is 10.0 Å². The van der Waals surface area contributed by atoms with Gasteiger partial charge in [-0.25, -0.2) is 37.9 Å². The number of aryl methyl sites for hydroxylation is 5. The number of hydrazine groups is 1. The van der Waals surface area contributed by atoms with E-state index in [2.05, 4.69) is 52.5 Å². The van der Waals surface area contributed by atoms with Gasteiger partial charge in [0.1, 0.15) is 0 Å². The van der Waals surface area contributed by atoms with E-state index in [1.165, 1.54) is 33.7 Å². The van der Waals surface area contributed by atoms with Crippen LogP contribution < -0.4 is 30.5 Å². The van der Waals surface area contributed by atoms with E-state index >= 15 is 9.59 Å². The number of thiazole rings is 2. The van der Waals surface area contributed by atoms with Crippen LogP contribution in [0.4, 0.5) is 42.6 Å². The molecule has 6 heterocycles. The molecule has 3 N–H and O–H groups in total. The first-order chi connectivity index (χ1) is 30.5. The zero-order chi connectivity index (χ0) is 43.9. The molecule has 6 aromatic rings. The third kappa shape index (κ3) is 10.7. The molecule has 0 aliphatic carbocycles. The van der Waals surface area contributed by atoms with E-state index in [-0.39, 0.29) is 27.6 Å². The van der Waals surface area contributed by atoms with Gasteiger partial charge in [-0.05, 0) is 101 Å². The molecule has 0 unspecified atom stereocenters. The van der Waals surface area contributed by atoms with Crippen LogP contribution in [0.1, 0.15) is 59.4 Å². The summed E-state index contributed by atoms with van der Waals surface area (Å²) in [5.74, 6) is 0.481. The number of hydrogen-bond donors (Lipinski definition) is 3. The molecule has 4 aromatic heterocycles. The molecule has 0 radical (unpaired) electrons. The number of nitrogens with one attached hydrogen (secondary N) is 3. The van der Waals surface area contributed by atoms with Crippen LogP contribution in [0.5, 0.6) is 0 Å². The van der Waals surface area contributed by atoms with Crippen molar-refractivity contribution in [3.05, 3.63) is 94.5 Å². The van der Waals surface area contributed by atoms with Crippen LogP contribution in [0.3, 0.4) is 0 Å². The van der Waals surface area contributed by atoms with Gasteiger partial charge in [-0.15, -0.1) is 0 Å². The highest BCUT2D eigenvalue weighted by molar-refractivity contribution is 7.99. The number of hydrogen-bond acceptors (Lipinski definition) is 13. The minimum atomic E-state index is -3.73. The Kier molecular flexibility index (Phi) is 14.0. The Morgan fingerprint density at radius 1 is 0.746 bits per heavy atom. The highest BCUT2D eigenvalue weighted by Crippen LogP contribution is 2.36. The van der Waals surface area contributed by atoms with Crippen molar-refractivity contribution in [1.29, 1.82) is 0 Å². The van der Waals surface area contributed by atoms with Gasteiger partial charge in [0.15, 0.2) is 5.16 Å². The summed E-state index contributed by atoms with van der Waals surface area (Å²) in [4.78, 5) is 57.0. The summed E-state index contributed by atoms with van der Waals surface area (Å²) in [5, 5.41) is 10.00. The minimum Gasteiger partial charge on any atom is -0.370 e. The molecule has 2 saturated heterocycles. The van der Waals surface area contributed by atoms with Crippen molar-refractivity contribution in [2.75, 3.05) is 68.1 Å². The zero-order valence-corrected chi connectivity index (χ0v) is 38.9. The Labute approximate surface area is 380 Å². The molecule has 16 nitrogen and oxygen atoms in total. The summed E-state index contributed by atoms with van der Waals surface area (Å²) in [6.07, 6.45) is 17.1. The van der Waals surface area contributed by atoms with Gasteiger partial charge in [0.05, 0.1) is 28.5 Å².